The molecule has 3 atom stereocenters. The Balaban J connectivity index is 2.20. The minimum absolute atomic E-state index is 0.0536. The van der Waals surface area contributed by atoms with Crippen LogP contribution in [0.1, 0.15) is 45.9 Å². The summed E-state index contributed by atoms with van der Waals surface area (Å²) in [5.41, 5.74) is -0.380. The number of hydrogen-bond donors (Lipinski definition) is 1. The van der Waals surface area contributed by atoms with Crippen molar-refractivity contribution in [3.05, 3.63) is 32.6 Å². The van der Waals surface area contributed by atoms with E-state index in [4.69, 9.17) is 14.2 Å². The molecule has 2 heterocycles. The number of rotatable bonds is 6. The van der Waals surface area contributed by atoms with Gasteiger partial charge in [-0.05, 0) is 34.6 Å². The molecule has 1 unspecified atom stereocenters. The summed E-state index contributed by atoms with van der Waals surface area (Å²) in [5.74, 6) is 0. The topological polar surface area (TPSA) is 82.6 Å². The molecule has 0 spiro atoms. The van der Waals surface area contributed by atoms with Crippen molar-refractivity contribution < 1.29 is 14.2 Å². The van der Waals surface area contributed by atoms with Crippen LogP contribution < -0.4 is 11.2 Å². The summed E-state index contributed by atoms with van der Waals surface area (Å²) in [6.07, 6.45) is 1.34. The minimum atomic E-state index is -0.473. The molecule has 1 aromatic heterocycles. The normalized spacial score (nSPS) is 24.7. The molecular formula is C16H26N2O5. The van der Waals surface area contributed by atoms with Gasteiger partial charge in [0.2, 0.25) is 0 Å². The highest BCUT2D eigenvalue weighted by Gasteiger charge is 2.38. The lowest BCUT2D eigenvalue weighted by molar-refractivity contribution is -0.0963. The van der Waals surface area contributed by atoms with Gasteiger partial charge in [0.25, 0.3) is 5.56 Å². The molecule has 1 saturated heterocycles. The predicted octanol–water partition coefficient (Wildman–Crippen LogP) is 1.35. The van der Waals surface area contributed by atoms with Gasteiger partial charge in [-0.2, -0.15) is 0 Å². The average molecular weight is 326 g/mol. The van der Waals surface area contributed by atoms with Crippen LogP contribution in [0.2, 0.25) is 0 Å². The molecule has 0 saturated carbocycles. The van der Waals surface area contributed by atoms with Crippen LogP contribution in [0, 0.1) is 6.92 Å². The Morgan fingerprint density at radius 2 is 2.00 bits per heavy atom. The summed E-state index contributed by atoms with van der Waals surface area (Å²) in [6, 6.07) is 0. The highest BCUT2D eigenvalue weighted by Crippen LogP contribution is 2.31. The van der Waals surface area contributed by atoms with E-state index >= 15 is 0 Å². The third-order valence-electron chi connectivity index (χ3n) is 3.68. The van der Waals surface area contributed by atoms with Crippen LogP contribution in [0.15, 0.2) is 15.8 Å². The van der Waals surface area contributed by atoms with E-state index in [1.807, 2.05) is 27.7 Å². The zero-order chi connectivity index (χ0) is 17.1. The summed E-state index contributed by atoms with van der Waals surface area (Å²) >= 11 is 0. The average Bonchev–Trinajstić information content (AvgIpc) is 2.82. The molecule has 1 aliphatic heterocycles. The van der Waals surface area contributed by atoms with Crippen LogP contribution in [-0.2, 0) is 14.2 Å². The Kier molecular flexibility index (Phi) is 5.78. The molecule has 0 bridgehead atoms. The van der Waals surface area contributed by atoms with E-state index in [-0.39, 0.29) is 30.0 Å². The Hall–Kier alpha value is -1.44. The second-order valence-corrected chi connectivity index (χ2v) is 6.45. The first-order valence-corrected chi connectivity index (χ1v) is 8.02. The quantitative estimate of drug-likeness (QED) is 0.853. The van der Waals surface area contributed by atoms with Crippen LogP contribution in [0.25, 0.3) is 0 Å². The summed E-state index contributed by atoms with van der Waals surface area (Å²) in [4.78, 5) is 25.8. The van der Waals surface area contributed by atoms with Crippen LogP contribution in [0.3, 0.4) is 0 Å². The Morgan fingerprint density at radius 1 is 1.30 bits per heavy atom. The highest BCUT2D eigenvalue weighted by molar-refractivity contribution is 5.02. The first-order chi connectivity index (χ1) is 10.8. The van der Waals surface area contributed by atoms with Gasteiger partial charge in [0.05, 0.1) is 24.9 Å². The van der Waals surface area contributed by atoms with Crippen molar-refractivity contribution in [3.8, 4) is 0 Å². The maximum absolute atomic E-state index is 12.0. The van der Waals surface area contributed by atoms with Crippen molar-refractivity contribution >= 4 is 0 Å². The number of aromatic nitrogens is 2. The van der Waals surface area contributed by atoms with E-state index in [0.29, 0.717) is 18.6 Å². The molecular weight excluding hydrogens is 300 g/mol. The zero-order valence-electron chi connectivity index (χ0n) is 14.4. The van der Waals surface area contributed by atoms with Gasteiger partial charge in [-0.1, -0.05) is 0 Å². The molecule has 7 nitrogen and oxygen atoms in total. The lowest BCUT2D eigenvalue weighted by Gasteiger charge is -2.21. The summed E-state index contributed by atoms with van der Waals surface area (Å²) < 4.78 is 19.0. The van der Waals surface area contributed by atoms with Crippen molar-refractivity contribution in [2.75, 3.05) is 6.61 Å². The molecule has 7 heteroatoms. The van der Waals surface area contributed by atoms with E-state index in [0.717, 1.165) is 0 Å². The number of H-pyrrole nitrogens is 1. The summed E-state index contributed by atoms with van der Waals surface area (Å²) in [6.45, 7) is 9.91. The van der Waals surface area contributed by atoms with Crippen LogP contribution in [-0.4, -0.2) is 40.6 Å². The molecule has 0 aliphatic carbocycles. The van der Waals surface area contributed by atoms with Crippen LogP contribution in [0.4, 0.5) is 0 Å². The molecule has 130 valence electrons. The predicted molar refractivity (Wildman–Crippen MR) is 85.7 cm³/mol. The number of aromatic amines is 1. The molecule has 1 aromatic rings. The van der Waals surface area contributed by atoms with Gasteiger partial charge in [0, 0.05) is 18.2 Å². The first-order valence-electron chi connectivity index (χ1n) is 8.02. The Bertz CT molecular complexity index is 634. The highest BCUT2D eigenvalue weighted by atomic mass is 16.6. The van der Waals surface area contributed by atoms with E-state index < -0.39 is 11.9 Å². The summed E-state index contributed by atoms with van der Waals surface area (Å²) in [5, 5.41) is 0. The van der Waals surface area contributed by atoms with Gasteiger partial charge >= 0.3 is 5.69 Å². The lowest BCUT2D eigenvalue weighted by Crippen LogP contribution is -2.33. The molecule has 0 aromatic carbocycles. The fourth-order valence-corrected chi connectivity index (χ4v) is 2.60. The molecule has 0 radical (unpaired) electrons. The molecule has 0 amide bonds. The molecule has 1 fully saturated rings. The second kappa shape index (κ2) is 7.42. The third kappa shape index (κ3) is 4.53. The van der Waals surface area contributed by atoms with Crippen molar-refractivity contribution in [3.63, 3.8) is 0 Å². The van der Waals surface area contributed by atoms with Crippen molar-refractivity contribution in [2.24, 2.45) is 0 Å². The van der Waals surface area contributed by atoms with Gasteiger partial charge in [-0.25, -0.2) is 4.79 Å². The molecule has 2 rings (SSSR count). The van der Waals surface area contributed by atoms with E-state index in [9.17, 15) is 9.59 Å². The Labute approximate surface area is 135 Å². The Morgan fingerprint density at radius 3 is 2.61 bits per heavy atom. The monoisotopic (exact) mass is 326 g/mol. The lowest BCUT2D eigenvalue weighted by atomic mass is 10.1. The fraction of sp³-hybridized carbons (Fsp3) is 0.750. The van der Waals surface area contributed by atoms with Crippen molar-refractivity contribution in [1.29, 1.82) is 0 Å². The van der Waals surface area contributed by atoms with Gasteiger partial charge in [-0.15, -0.1) is 0 Å². The van der Waals surface area contributed by atoms with Crippen LogP contribution >= 0.6 is 0 Å². The van der Waals surface area contributed by atoms with Gasteiger partial charge in [0.1, 0.15) is 12.3 Å². The zero-order valence-corrected chi connectivity index (χ0v) is 14.4. The number of hydrogen-bond acceptors (Lipinski definition) is 5. The number of ether oxygens (including phenoxy) is 3. The van der Waals surface area contributed by atoms with E-state index in [1.165, 1.54) is 10.8 Å². The third-order valence-corrected chi connectivity index (χ3v) is 3.68. The van der Waals surface area contributed by atoms with Crippen molar-refractivity contribution in [2.45, 2.75) is 71.7 Å². The smallest absolute Gasteiger partial charge is 0.330 e. The number of nitrogens with one attached hydrogen (secondary N) is 1. The fourth-order valence-electron chi connectivity index (χ4n) is 2.60. The van der Waals surface area contributed by atoms with Gasteiger partial charge in [-0.3, -0.25) is 14.3 Å². The maximum atomic E-state index is 12.0. The summed E-state index contributed by atoms with van der Waals surface area (Å²) in [7, 11) is 0. The SMILES string of the molecule is Cc1cn([C@H]2CC(OC(C)C)[C@@H](COC(C)C)O2)c(=O)[nH]c1=O. The number of aryl methyl sites for hydroxylation is 1. The van der Waals surface area contributed by atoms with E-state index in [1.54, 1.807) is 6.92 Å². The minimum Gasteiger partial charge on any atom is -0.376 e. The van der Waals surface area contributed by atoms with Gasteiger partial charge in [0.15, 0.2) is 0 Å². The van der Waals surface area contributed by atoms with Crippen LogP contribution in [0.5, 0.6) is 0 Å². The van der Waals surface area contributed by atoms with E-state index in [2.05, 4.69) is 4.98 Å². The molecule has 1 aliphatic rings. The number of nitrogens with zero attached hydrogens (tertiary/aromatic N) is 1. The second-order valence-electron chi connectivity index (χ2n) is 6.45. The standard InChI is InChI=1S/C16H26N2O5/c1-9(2)21-8-13-12(22-10(3)4)6-14(23-13)18-7-11(5)15(19)17-16(18)20/h7,9-10,12-14H,6,8H2,1-5H3,(H,17,19,20)/t12?,13-,14-/m1/s1. The van der Waals surface area contributed by atoms with Crippen molar-refractivity contribution in [1.82, 2.24) is 9.55 Å². The first kappa shape index (κ1) is 17.9. The maximum Gasteiger partial charge on any atom is 0.330 e. The molecule has 23 heavy (non-hydrogen) atoms. The largest absolute Gasteiger partial charge is 0.376 e. The van der Waals surface area contributed by atoms with Gasteiger partial charge < -0.3 is 14.2 Å². The molecule has 1 N–H and O–H groups in total.